The molecule has 1 heterocycles. The van der Waals surface area contributed by atoms with Gasteiger partial charge < -0.3 is 10.6 Å². The number of halogens is 2. The van der Waals surface area contributed by atoms with E-state index < -0.39 is 11.7 Å². The van der Waals surface area contributed by atoms with Gasteiger partial charge in [-0.2, -0.15) is 0 Å². The molecule has 6 nitrogen and oxygen atoms in total. The minimum atomic E-state index is -0.503. The van der Waals surface area contributed by atoms with Crippen molar-refractivity contribution in [1.29, 1.82) is 0 Å². The van der Waals surface area contributed by atoms with Crippen LogP contribution in [0.1, 0.15) is 25.2 Å². The maximum Gasteiger partial charge on any atom is 0.286 e. The molecular weight excluding hydrogens is 379 g/mol. The molecule has 0 aliphatic rings. The maximum absolute atomic E-state index is 13.1. The lowest BCUT2D eigenvalue weighted by Gasteiger charge is -2.04. The van der Waals surface area contributed by atoms with Crippen molar-refractivity contribution in [2.45, 2.75) is 6.54 Å². The van der Waals surface area contributed by atoms with Crippen LogP contribution in [0.2, 0.25) is 5.02 Å². The van der Waals surface area contributed by atoms with Crippen molar-refractivity contribution in [2.24, 2.45) is 0 Å². The SMILES string of the molecule is O=C(Nc1cccc(F)c1)c1nnc(CNC(=O)c2ccccc2Cl)s1. The molecule has 0 fully saturated rings. The zero-order chi connectivity index (χ0) is 18.5. The van der Waals surface area contributed by atoms with Crippen LogP contribution in [0.3, 0.4) is 0 Å². The Morgan fingerprint density at radius 3 is 2.65 bits per heavy atom. The van der Waals surface area contributed by atoms with Crippen LogP contribution < -0.4 is 10.6 Å². The number of aromatic nitrogens is 2. The first-order valence-corrected chi connectivity index (χ1v) is 8.64. The summed E-state index contributed by atoms with van der Waals surface area (Å²) >= 11 is 7.00. The highest BCUT2D eigenvalue weighted by Gasteiger charge is 2.15. The van der Waals surface area contributed by atoms with E-state index in [0.29, 0.717) is 21.3 Å². The van der Waals surface area contributed by atoms with Crippen LogP contribution in [0.5, 0.6) is 0 Å². The Balaban J connectivity index is 1.60. The summed E-state index contributed by atoms with van der Waals surface area (Å²) in [5.74, 6) is -1.31. The Labute approximate surface area is 157 Å². The fourth-order valence-corrected chi connectivity index (χ4v) is 2.96. The topological polar surface area (TPSA) is 84.0 Å². The molecule has 132 valence electrons. The second-order valence-electron chi connectivity index (χ2n) is 5.13. The van der Waals surface area contributed by atoms with E-state index in [9.17, 15) is 14.0 Å². The molecule has 0 spiro atoms. The van der Waals surface area contributed by atoms with Gasteiger partial charge in [0.1, 0.15) is 10.8 Å². The van der Waals surface area contributed by atoms with Crippen LogP contribution in [0, 0.1) is 5.82 Å². The molecule has 0 aliphatic carbocycles. The third kappa shape index (κ3) is 4.41. The first kappa shape index (κ1) is 18.0. The summed E-state index contributed by atoms with van der Waals surface area (Å²) in [6, 6.07) is 12.2. The van der Waals surface area contributed by atoms with Gasteiger partial charge in [-0.3, -0.25) is 9.59 Å². The lowest BCUT2D eigenvalue weighted by molar-refractivity contribution is 0.0950. The number of nitrogens with zero attached hydrogens (tertiary/aromatic N) is 2. The largest absolute Gasteiger partial charge is 0.345 e. The Hall–Kier alpha value is -2.84. The van der Waals surface area contributed by atoms with Crippen molar-refractivity contribution in [3.63, 3.8) is 0 Å². The van der Waals surface area contributed by atoms with E-state index >= 15 is 0 Å². The van der Waals surface area contributed by atoms with Crippen molar-refractivity contribution in [3.05, 3.63) is 74.9 Å². The van der Waals surface area contributed by atoms with Gasteiger partial charge in [0.2, 0.25) is 5.01 Å². The Morgan fingerprint density at radius 1 is 1.08 bits per heavy atom. The van der Waals surface area contributed by atoms with E-state index in [1.165, 1.54) is 18.2 Å². The standard InChI is InChI=1S/C17H12ClFN4O2S/c18-13-7-2-1-6-12(13)15(24)20-9-14-22-23-17(26-14)16(25)21-11-5-3-4-10(19)8-11/h1-8H,9H2,(H,20,24)(H,21,25). The number of benzene rings is 2. The molecule has 0 saturated heterocycles. The number of carbonyl (C=O) groups excluding carboxylic acids is 2. The number of rotatable bonds is 5. The van der Waals surface area contributed by atoms with Gasteiger partial charge in [0.25, 0.3) is 11.8 Å². The average Bonchev–Trinajstić information content (AvgIpc) is 3.09. The van der Waals surface area contributed by atoms with E-state index in [0.717, 1.165) is 11.3 Å². The molecule has 2 amide bonds. The molecule has 0 bridgehead atoms. The lowest BCUT2D eigenvalue weighted by atomic mass is 10.2. The molecule has 0 unspecified atom stereocenters. The van der Waals surface area contributed by atoms with E-state index in [-0.39, 0.29) is 17.5 Å². The molecule has 2 aromatic carbocycles. The highest BCUT2D eigenvalue weighted by molar-refractivity contribution is 7.13. The van der Waals surface area contributed by atoms with Gasteiger partial charge in [-0.15, -0.1) is 10.2 Å². The Morgan fingerprint density at radius 2 is 1.88 bits per heavy atom. The molecular formula is C17H12ClFN4O2S. The third-order valence-corrected chi connectivity index (χ3v) is 4.51. The molecule has 0 saturated carbocycles. The van der Waals surface area contributed by atoms with Crippen LogP contribution in [-0.4, -0.2) is 22.0 Å². The minimum absolute atomic E-state index is 0.106. The van der Waals surface area contributed by atoms with Gasteiger partial charge in [0, 0.05) is 5.69 Å². The number of anilines is 1. The average molecular weight is 391 g/mol. The second kappa shape index (κ2) is 8.03. The first-order chi connectivity index (χ1) is 12.5. The number of hydrogen-bond acceptors (Lipinski definition) is 5. The normalized spacial score (nSPS) is 10.4. The Kier molecular flexibility index (Phi) is 5.55. The molecule has 0 atom stereocenters. The monoisotopic (exact) mass is 390 g/mol. The molecule has 1 aromatic heterocycles. The molecule has 0 aliphatic heterocycles. The van der Waals surface area contributed by atoms with Crippen LogP contribution in [0.4, 0.5) is 10.1 Å². The van der Waals surface area contributed by atoms with E-state index in [4.69, 9.17) is 11.6 Å². The second-order valence-corrected chi connectivity index (χ2v) is 6.60. The number of hydrogen-bond donors (Lipinski definition) is 2. The zero-order valence-corrected chi connectivity index (χ0v) is 14.8. The van der Waals surface area contributed by atoms with Gasteiger partial charge in [-0.05, 0) is 30.3 Å². The molecule has 2 N–H and O–H groups in total. The van der Waals surface area contributed by atoms with Gasteiger partial charge in [0.15, 0.2) is 0 Å². The summed E-state index contributed by atoms with van der Waals surface area (Å²) in [5.41, 5.74) is 0.668. The smallest absolute Gasteiger partial charge is 0.286 e. The maximum atomic E-state index is 13.1. The molecule has 0 radical (unpaired) electrons. The molecule has 26 heavy (non-hydrogen) atoms. The van der Waals surface area contributed by atoms with Gasteiger partial charge in [-0.1, -0.05) is 41.1 Å². The highest BCUT2D eigenvalue weighted by Crippen LogP contribution is 2.16. The zero-order valence-electron chi connectivity index (χ0n) is 13.2. The summed E-state index contributed by atoms with van der Waals surface area (Å²) in [6.07, 6.45) is 0. The third-order valence-electron chi connectivity index (χ3n) is 3.26. The van der Waals surface area contributed by atoms with E-state index in [1.807, 2.05) is 0 Å². The molecule has 9 heteroatoms. The van der Waals surface area contributed by atoms with Crippen molar-refractivity contribution in [1.82, 2.24) is 15.5 Å². The molecule has 3 aromatic rings. The van der Waals surface area contributed by atoms with Crippen molar-refractivity contribution in [2.75, 3.05) is 5.32 Å². The fraction of sp³-hybridized carbons (Fsp3) is 0.0588. The summed E-state index contributed by atoms with van der Waals surface area (Å²) in [4.78, 5) is 24.2. The number of amides is 2. The van der Waals surface area contributed by atoms with Gasteiger partial charge in [0.05, 0.1) is 17.1 Å². The van der Waals surface area contributed by atoms with Crippen molar-refractivity contribution < 1.29 is 14.0 Å². The van der Waals surface area contributed by atoms with Crippen molar-refractivity contribution in [3.8, 4) is 0 Å². The lowest BCUT2D eigenvalue weighted by Crippen LogP contribution is -2.23. The first-order valence-electron chi connectivity index (χ1n) is 7.45. The van der Waals surface area contributed by atoms with E-state index in [1.54, 1.807) is 30.3 Å². The van der Waals surface area contributed by atoms with Gasteiger partial charge in [-0.25, -0.2) is 4.39 Å². The van der Waals surface area contributed by atoms with Crippen LogP contribution in [0.25, 0.3) is 0 Å². The fourth-order valence-electron chi connectivity index (χ4n) is 2.06. The van der Waals surface area contributed by atoms with Crippen LogP contribution >= 0.6 is 22.9 Å². The predicted molar refractivity (Wildman–Crippen MR) is 96.9 cm³/mol. The van der Waals surface area contributed by atoms with Crippen LogP contribution in [0.15, 0.2) is 48.5 Å². The van der Waals surface area contributed by atoms with Crippen molar-refractivity contribution >= 4 is 40.4 Å². The summed E-state index contributed by atoms with van der Waals surface area (Å²) in [6.45, 7) is 0.106. The summed E-state index contributed by atoms with van der Waals surface area (Å²) in [5, 5.41) is 13.8. The summed E-state index contributed by atoms with van der Waals surface area (Å²) < 4.78 is 13.1. The minimum Gasteiger partial charge on any atom is -0.345 e. The predicted octanol–water partition coefficient (Wildman–Crippen LogP) is 3.51. The number of nitrogens with one attached hydrogen (secondary N) is 2. The quantitative estimate of drug-likeness (QED) is 0.698. The van der Waals surface area contributed by atoms with E-state index in [2.05, 4.69) is 20.8 Å². The summed E-state index contributed by atoms with van der Waals surface area (Å²) in [7, 11) is 0. The highest BCUT2D eigenvalue weighted by atomic mass is 35.5. The Bertz CT molecular complexity index is 963. The number of carbonyl (C=O) groups is 2. The molecule has 3 rings (SSSR count). The van der Waals surface area contributed by atoms with Gasteiger partial charge >= 0.3 is 0 Å². The van der Waals surface area contributed by atoms with Crippen LogP contribution in [-0.2, 0) is 6.54 Å².